The average Bonchev–Trinajstić information content (AvgIpc) is 3.51. The van der Waals surface area contributed by atoms with Crippen molar-refractivity contribution in [2.75, 3.05) is 6.54 Å². The van der Waals surface area contributed by atoms with Crippen LogP contribution in [0, 0.1) is 0 Å². The van der Waals surface area contributed by atoms with Crippen molar-refractivity contribution in [1.82, 2.24) is 50.3 Å². The number of hydrogen-bond acceptors (Lipinski definition) is 7. The molecule has 0 fully saturated rings. The van der Waals surface area contributed by atoms with Crippen molar-refractivity contribution in [3.05, 3.63) is 71.6 Å². The zero-order valence-corrected chi connectivity index (χ0v) is 18.3. The molecule has 0 bridgehead atoms. The lowest BCUT2D eigenvalue weighted by Crippen LogP contribution is -2.31. The van der Waals surface area contributed by atoms with Crippen LogP contribution in [0.3, 0.4) is 0 Å². The highest BCUT2D eigenvalue weighted by atomic mass is 15.5. The van der Waals surface area contributed by atoms with Crippen LogP contribution >= 0.6 is 0 Å². The Hall–Kier alpha value is -3.40. The zero-order chi connectivity index (χ0) is 21.8. The highest BCUT2D eigenvalue weighted by Crippen LogP contribution is 2.28. The van der Waals surface area contributed by atoms with Gasteiger partial charge in [-0.05, 0) is 28.8 Å². The molecule has 3 aromatic heterocycles. The third-order valence-corrected chi connectivity index (χ3v) is 5.25. The van der Waals surface area contributed by atoms with E-state index < -0.39 is 0 Å². The SMILES string of the molecule is CC(C)c1nn(C)cc1C(NC[C@@H](C)n1ccnn1)c1nnnn1Cc1ccccc1. The van der Waals surface area contributed by atoms with Gasteiger partial charge in [-0.3, -0.25) is 4.68 Å². The Balaban J connectivity index is 1.67. The molecule has 0 aliphatic rings. The van der Waals surface area contributed by atoms with Gasteiger partial charge >= 0.3 is 0 Å². The van der Waals surface area contributed by atoms with Crippen molar-refractivity contribution in [2.24, 2.45) is 7.05 Å². The number of hydrogen-bond donors (Lipinski definition) is 1. The van der Waals surface area contributed by atoms with Gasteiger partial charge in [0.15, 0.2) is 5.82 Å². The van der Waals surface area contributed by atoms with Gasteiger partial charge in [-0.1, -0.05) is 49.4 Å². The summed E-state index contributed by atoms with van der Waals surface area (Å²) in [6.07, 6.45) is 5.60. The van der Waals surface area contributed by atoms with Crippen molar-refractivity contribution in [1.29, 1.82) is 0 Å². The lowest BCUT2D eigenvalue weighted by atomic mass is 9.99. The van der Waals surface area contributed by atoms with Gasteiger partial charge in [-0.2, -0.15) is 5.10 Å². The fraction of sp³-hybridized carbons (Fsp3) is 0.429. The van der Waals surface area contributed by atoms with E-state index in [1.807, 2.05) is 45.5 Å². The topological polar surface area (TPSA) is 104 Å². The van der Waals surface area contributed by atoms with Crippen LogP contribution in [0.15, 0.2) is 48.9 Å². The first-order valence-corrected chi connectivity index (χ1v) is 10.5. The van der Waals surface area contributed by atoms with Crippen molar-refractivity contribution in [3.8, 4) is 0 Å². The summed E-state index contributed by atoms with van der Waals surface area (Å²) in [6.45, 7) is 7.65. The minimum Gasteiger partial charge on any atom is -0.301 e. The van der Waals surface area contributed by atoms with E-state index >= 15 is 0 Å². The van der Waals surface area contributed by atoms with E-state index in [1.165, 1.54) is 0 Å². The summed E-state index contributed by atoms with van der Waals surface area (Å²) >= 11 is 0. The van der Waals surface area contributed by atoms with Crippen molar-refractivity contribution >= 4 is 0 Å². The van der Waals surface area contributed by atoms with Crippen LogP contribution in [-0.2, 0) is 13.6 Å². The first-order valence-electron chi connectivity index (χ1n) is 10.5. The van der Waals surface area contributed by atoms with E-state index in [2.05, 4.69) is 70.3 Å². The third kappa shape index (κ3) is 4.69. The number of aryl methyl sites for hydroxylation is 1. The fourth-order valence-corrected chi connectivity index (χ4v) is 3.66. The summed E-state index contributed by atoms with van der Waals surface area (Å²) in [5, 5.41) is 29.1. The smallest absolute Gasteiger partial charge is 0.173 e. The molecule has 0 saturated carbocycles. The van der Waals surface area contributed by atoms with Gasteiger partial charge in [-0.15, -0.1) is 10.2 Å². The number of nitrogens with zero attached hydrogens (tertiary/aromatic N) is 9. The normalized spacial score (nSPS) is 13.6. The van der Waals surface area contributed by atoms with Crippen LogP contribution in [0.25, 0.3) is 0 Å². The lowest BCUT2D eigenvalue weighted by Gasteiger charge is -2.21. The molecule has 4 rings (SSSR count). The molecule has 0 aliphatic heterocycles. The van der Waals surface area contributed by atoms with Gasteiger partial charge in [0.05, 0.1) is 30.5 Å². The molecule has 4 aromatic rings. The van der Waals surface area contributed by atoms with E-state index in [1.54, 1.807) is 6.20 Å². The molecule has 3 heterocycles. The van der Waals surface area contributed by atoms with Gasteiger partial charge < -0.3 is 5.32 Å². The molecule has 10 nitrogen and oxygen atoms in total. The highest BCUT2D eigenvalue weighted by molar-refractivity contribution is 5.29. The molecule has 162 valence electrons. The molecule has 10 heteroatoms. The van der Waals surface area contributed by atoms with Crippen LogP contribution in [0.4, 0.5) is 0 Å². The average molecular weight is 421 g/mol. The molecule has 1 N–H and O–H groups in total. The fourth-order valence-electron chi connectivity index (χ4n) is 3.66. The number of tetrazole rings is 1. The predicted molar refractivity (Wildman–Crippen MR) is 115 cm³/mol. The van der Waals surface area contributed by atoms with Gasteiger partial charge in [-0.25, -0.2) is 9.36 Å². The van der Waals surface area contributed by atoms with Crippen LogP contribution in [-0.4, -0.2) is 51.5 Å². The Morgan fingerprint density at radius 2 is 1.87 bits per heavy atom. The summed E-state index contributed by atoms with van der Waals surface area (Å²) < 4.78 is 5.54. The standard InChI is InChI=1S/C21H28N10/c1-15(2)19-18(14-29(4)25-19)20(22-12-16(3)30-11-10-23-27-30)21-24-26-28-31(21)13-17-8-6-5-7-9-17/h5-11,14-16,20,22H,12-13H2,1-4H3/t16-,20?/m1/s1. The molecule has 0 spiro atoms. The minimum absolute atomic E-state index is 0.114. The van der Waals surface area contributed by atoms with E-state index in [0.717, 1.165) is 22.6 Å². The predicted octanol–water partition coefficient (Wildman–Crippen LogP) is 2.11. The Kier molecular flexibility index (Phi) is 6.17. The number of benzene rings is 1. The molecule has 0 radical (unpaired) electrons. The molecule has 31 heavy (non-hydrogen) atoms. The lowest BCUT2D eigenvalue weighted by molar-refractivity contribution is 0.415. The van der Waals surface area contributed by atoms with Crippen molar-refractivity contribution in [2.45, 2.75) is 45.3 Å². The van der Waals surface area contributed by atoms with E-state index in [4.69, 9.17) is 5.10 Å². The van der Waals surface area contributed by atoms with Crippen molar-refractivity contribution in [3.63, 3.8) is 0 Å². The Morgan fingerprint density at radius 3 is 2.58 bits per heavy atom. The molecular formula is C21H28N10. The number of aromatic nitrogens is 9. The highest BCUT2D eigenvalue weighted by Gasteiger charge is 2.27. The number of nitrogens with one attached hydrogen (secondary N) is 1. The first kappa shape index (κ1) is 20.9. The van der Waals surface area contributed by atoms with Crippen LogP contribution in [0.5, 0.6) is 0 Å². The quantitative estimate of drug-likeness (QED) is 0.442. The maximum Gasteiger partial charge on any atom is 0.173 e. The molecule has 2 atom stereocenters. The van der Waals surface area contributed by atoms with Crippen LogP contribution < -0.4 is 5.32 Å². The van der Waals surface area contributed by atoms with Gasteiger partial charge in [0.2, 0.25) is 0 Å². The zero-order valence-electron chi connectivity index (χ0n) is 18.3. The molecular weight excluding hydrogens is 392 g/mol. The molecule has 0 saturated heterocycles. The van der Waals surface area contributed by atoms with Gasteiger partial charge in [0, 0.05) is 31.5 Å². The summed E-state index contributed by atoms with van der Waals surface area (Å²) in [5.41, 5.74) is 3.25. The molecule has 1 unspecified atom stereocenters. The first-order chi connectivity index (χ1) is 15.0. The third-order valence-electron chi connectivity index (χ3n) is 5.25. The van der Waals surface area contributed by atoms with Crippen molar-refractivity contribution < 1.29 is 0 Å². The Bertz CT molecular complexity index is 1080. The maximum atomic E-state index is 4.70. The summed E-state index contributed by atoms with van der Waals surface area (Å²) in [4.78, 5) is 0. The van der Waals surface area contributed by atoms with Gasteiger partial charge in [0.25, 0.3) is 0 Å². The second kappa shape index (κ2) is 9.17. The summed E-state index contributed by atoms with van der Waals surface area (Å²) in [6, 6.07) is 10.1. The largest absolute Gasteiger partial charge is 0.301 e. The second-order valence-electron chi connectivity index (χ2n) is 8.05. The summed E-state index contributed by atoms with van der Waals surface area (Å²) in [7, 11) is 1.94. The maximum absolute atomic E-state index is 4.70. The number of rotatable bonds is 9. The molecule has 0 aliphatic carbocycles. The Labute approximate surface area is 181 Å². The second-order valence-corrected chi connectivity index (χ2v) is 8.05. The van der Waals surface area contributed by atoms with E-state index in [0.29, 0.717) is 13.1 Å². The monoisotopic (exact) mass is 420 g/mol. The summed E-state index contributed by atoms with van der Waals surface area (Å²) in [5.74, 6) is 1.02. The molecule has 1 aromatic carbocycles. The van der Waals surface area contributed by atoms with Gasteiger partial charge in [0.1, 0.15) is 0 Å². The Morgan fingerprint density at radius 1 is 1.06 bits per heavy atom. The van der Waals surface area contributed by atoms with Crippen LogP contribution in [0.2, 0.25) is 0 Å². The van der Waals surface area contributed by atoms with E-state index in [-0.39, 0.29) is 18.0 Å². The minimum atomic E-state index is -0.212. The molecule has 0 amide bonds. The van der Waals surface area contributed by atoms with E-state index in [9.17, 15) is 0 Å². The van der Waals surface area contributed by atoms with Crippen LogP contribution in [0.1, 0.15) is 61.4 Å².